The Morgan fingerprint density at radius 3 is 2.11 bits per heavy atom. The van der Waals surface area contributed by atoms with Crippen molar-refractivity contribution in [2.75, 3.05) is 0 Å². The summed E-state index contributed by atoms with van der Waals surface area (Å²) in [6.45, 7) is 0.827. The minimum absolute atomic E-state index is 0.198. The first-order valence-corrected chi connectivity index (χ1v) is 6.07. The predicted octanol–water partition coefficient (Wildman–Crippen LogP) is 2.65. The second kappa shape index (κ2) is 3.91. The third-order valence-corrected chi connectivity index (χ3v) is 4.40. The van der Waals surface area contributed by atoms with Crippen LogP contribution in [0.25, 0.3) is 0 Å². The number of halogens is 5. The molecule has 110 valence electrons. The summed E-state index contributed by atoms with van der Waals surface area (Å²) >= 11 is 0. The van der Waals surface area contributed by atoms with Crippen molar-refractivity contribution in [2.45, 2.75) is 49.5 Å². The molecule has 0 spiro atoms. The minimum atomic E-state index is -5.51. The molecule has 0 saturated heterocycles. The monoisotopic (exact) mass is 286 g/mol. The Labute approximate surface area is 106 Å². The molecule has 0 aromatic carbocycles. The van der Waals surface area contributed by atoms with Crippen LogP contribution in [0.1, 0.15) is 26.2 Å². The van der Waals surface area contributed by atoms with Gasteiger partial charge in [-0.2, -0.15) is 22.0 Å². The maximum atomic E-state index is 14.3. The Kier molecular flexibility index (Phi) is 3.03. The quantitative estimate of drug-likeness (QED) is 0.618. The molecule has 1 saturated carbocycles. The highest BCUT2D eigenvalue weighted by molar-refractivity contribution is 5.24. The van der Waals surface area contributed by atoms with Crippen molar-refractivity contribution in [3.8, 4) is 0 Å². The van der Waals surface area contributed by atoms with Gasteiger partial charge in [0.1, 0.15) is 5.60 Å². The predicted molar refractivity (Wildman–Crippen MR) is 56.5 cm³/mol. The maximum Gasteiger partial charge on any atom is 0.423 e. The SMILES string of the molecule is CCC(O)(C(F)(F)F)C(F)(F)C1(O)CC2C=CC1C2. The van der Waals surface area contributed by atoms with Gasteiger partial charge in [0.05, 0.1) is 0 Å². The lowest BCUT2D eigenvalue weighted by Gasteiger charge is -2.46. The first-order chi connectivity index (χ1) is 8.49. The Morgan fingerprint density at radius 2 is 1.79 bits per heavy atom. The van der Waals surface area contributed by atoms with Crippen LogP contribution in [0.4, 0.5) is 22.0 Å². The smallest absolute Gasteiger partial charge is 0.383 e. The molecule has 2 nitrogen and oxygen atoms in total. The van der Waals surface area contributed by atoms with Gasteiger partial charge in [-0.1, -0.05) is 19.1 Å². The zero-order valence-corrected chi connectivity index (χ0v) is 10.2. The second-order valence-corrected chi connectivity index (χ2v) is 5.40. The van der Waals surface area contributed by atoms with E-state index in [1.54, 1.807) is 6.08 Å². The average molecular weight is 286 g/mol. The van der Waals surface area contributed by atoms with Crippen molar-refractivity contribution in [1.29, 1.82) is 0 Å². The van der Waals surface area contributed by atoms with Gasteiger partial charge >= 0.3 is 12.1 Å². The summed E-state index contributed by atoms with van der Waals surface area (Å²) < 4.78 is 66.9. The van der Waals surface area contributed by atoms with E-state index in [-0.39, 0.29) is 12.3 Å². The summed E-state index contributed by atoms with van der Waals surface area (Å²) in [6.07, 6.45) is -4.05. The Hall–Kier alpha value is -0.690. The van der Waals surface area contributed by atoms with Gasteiger partial charge < -0.3 is 10.2 Å². The lowest BCUT2D eigenvalue weighted by molar-refractivity contribution is -0.371. The van der Waals surface area contributed by atoms with Crippen molar-refractivity contribution in [3.05, 3.63) is 12.2 Å². The van der Waals surface area contributed by atoms with Gasteiger partial charge in [-0.05, 0) is 25.2 Å². The number of allylic oxidation sites excluding steroid dienone is 1. The van der Waals surface area contributed by atoms with Crippen LogP contribution >= 0.6 is 0 Å². The topological polar surface area (TPSA) is 40.5 Å². The molecule has 1 fully saturated rings. The van der Waals surface area contributed by atoms with Crippen molar-refractivity contribution in [3.63, 3.8) is 0 Å². The molecule has 0 heterocycles. The molecule has 0 aromatic heterocycles. The second-order valence-electron chi connectivity index (χ2n) is 5.40. The molecule has 2 N–H and O–H groups in total. The van der Waals surface area contributed by atoms with Gasteiger partial charge in [-0.25, -0.2) is 0 Å². The molecule has 7 heteroatoms. The van der Waals surface area contributed by atoms with Crippen LogP contribution in [0.15, 0.2) is 12.2 Å². The Bertz CT molecular complexity index is 405. The third-order valence-electron chi connectivity index (χ3n) is 4.40. The molecule has 2 aliphatic rings. The molecule has 0 aromatic rings. The van der Waals surface area contributed by atoms with E-state index >= 15 is 0 Å². The molecule has 4 atom stereocenters. The van der Waals surface area contributed by atoms with E-state index in [4.69, 9.17) is 0 Å². The van der Waals surface area contributed by atoms with Crippen molar-refractivity contribution >= 4 is 0 Å². The number of aliphatic hydroxyl groups is 2. The Morgan fingerprint density at radius 1 is 1.21 bits per heavy atom. The van der Waals surface area contributed by atoms with Gasteiger partial charge in [0, 0.05) is 5.92 Å². The summed E-state index contributed by atoms with van der Waals surface area (Å²) in [4.78, 5) is 0. The van der Waals surface area contributed by atoms with Gasteiger partial charge in [-0.15, -0.1) is 0 Å². The normalized spacial score (nSPS) is 37.7. The van der Waals surface area contributed by atoms with E-state index in [0.29, 0.717) is 0 Å². The molecule has 4 unspecified atom stereocenters. The molecule has 2 bridgehead atoms. The first-order valence-electron chi connectivity index (χ1n) is 6.07. The van der Waals surface area contributed by atoms with Crippen LogP contribution in [0.2, 0.25) is 0 Å². The van der Waals surface area contributed by atoms with Gasteiger partial charge in [-0.3, -0.25) is 0 Å². The van der Waals surface area contributed by atoms with Crippen molar-refractivity contribution in [1.82, 2.24) is 0 Å². The molecule has 19 heavy (non-hydrogen) atoms. The molecule has 0 amide bonds. The number of hydrogen-bond donors (Lipinski definition) is 2. The average Bonchev–Trinajstić information content (AvgIpc) is 2.86. The Balaban J connectivity index is 2.44. The summed E-state index contributed by atoms with van der Waals surface area (Å²) in [5, 5.41) is 19.6. The van der Waals surface area contributed by atoms with Crippen molar-refractivity contribution < 1.29 is 32.2 Å². The molecule has 2 rings (SSSR count). The number of alkyl halides is 5. The van der Waals surface area contributed by atoms with Crippen LogP contribution in [-0.4, -0.2) is 33.5 Å². The molecule has 2 aliphatic carbocycles. The van der Waals surface area contributed by atoms with E-state index in [1.165, 1.54) is 6.08 Å². The van der Waals surface area contributed by atoms with Crippen LogP contribution in [0.5, 0.6) is 0 Å². The standard InChI is InChI=1S/C12H15F5O2/c1-2-10(19,12(15,16)17)11(13,14)9(18)6-7-3-4-8(9)5-7/h3-4,7-8,18-19H,2,5-6H2,1H3. The zero-order chi connectivity index (χ0) is 14.7. The fraction of sp³-hybridized carbons (Fsp3) is 0.833. The summed E-state index contributed by atoms with van der Waals surface area (Å²) in [6, 6.07) is 0. The number of hydrogen-bond acceptors (Lipinski definition) is 2. The maximum absolute atomic E-state index is 14.3. The van der Waals surface area contributed by atoms with Crippen LogP contribution in [0, 0.1) is 11.8 Å². The van der Waals surface area contributed by atoms with Gasteiger partial charge in [0.2, 0.25) is 5.60 Å². The fourth-order valence-electron chi connectivity index (χ4n) is 3.15. The van der Waals surface area contributed by atoms with Crippen LogP contribution < -0.4 is 0 Å². The lowest BCUT2D eigenvalue weighted by Crippen LogP contribution is -2.69. The highest BCUT2D eigenvalue weighted by atomic mass is 19.4. The molecular weight excluding hydrogens is 271 g/mol. The van der Waals surface area contributed by atoms with E-state index in [9.17, 15) is 32.2 Å². The lowest BCUT2D eigenvalue weighted by atomic mass is 9.73. The number of fused-ring (bicyclic) bond motifs is 2. The van der Waals surface area contributed by atoms with Crippen LogP contribution in [0.3, 0.4) is 0 Å². The highest BCUT2D eigenvalue weighted by Crippen LogP contribution is 2.59. The fourth-order valence-corrected chi connectivity index (χ4v) is 3.15. The highest BCUT2D eigenvalue weighted by Gasteiger charge is 2.77. The number of rotatable bonds is 3. The molecule has 0 aliphatic heterocycles. The van der Waals surface area contributed by atoms with E-state index in [0.717, 1.165) is 6.92 Å². The summed E-state index contributed by atoms with van der Waals surface area (Å²) in [7, 11) is 0. The first kappa shape index (κ1) is 14.7. The largest absolute Gasteiger partial charge is 0.423 e. The van der Waals surface area contributed by atoms with E-state index in [1.807, 2.05) is 0 Å². The van der Waals surface area contributed by atoms with E-state index in [2.05, 4.69) is 0 Å². The van der Waals surface area contributed by atoms with Crippen molar-refractivity contribution in [2.24, 2.45) is 11.8 Å². The summed E-state index contributed by atoms with van der Waals surface area (Å²) in [5.41, 5.74) is -7.06. The van der Waals surface area contributed by atoms with Gasteiger partial charge in [0.15, 0.2) is 0 Å². The summed E-state index contributed by atoms with van der Waals surface area (Å²) in [5.74, 6) is -6.06. The van der Waals surface area contributed by atoms with Crippen LogP contribution in [-0.2, 0) is 0 Å². The molecular formula is C12H15F5O2. The van der Waals surface area contributed by atoms with Gasteiger partial charge in [0.25, 0.3) is 0 Å². The molecule has 0 radical (unpaired) electrons. The third kappa shape index (κ3) is 1.67. The zero-order valence-electron chi connectivity index (χ0n) is 10.2. The van der Waals surface area contributed by atoms with E-state index < -0.39 is 42.1 Å². The minimum Gasteiger partial charge on any atom is -0.383 e.